The van der Waals surface area contributed by atoms with E-state index in [0.29, 0.717) is 12.1 Å². The fourth-order valence-electron chi connectivity index (χ4n) is 3.08. The quantitative estimate of drug-likeness (QED) is 0.805. The molecule has 0 radical (unpaired) electrons. The lowest BCUT2D eigenvalue weighted by molar-refractivity contribution is 0.222. The van der Waals surface area contributed by atoms with Gasteiger partial charge in [-0.25, -0.2) is 4.39 Å². The van der Waals surface area contributed by atoms with E-state index >= 15 is 0 Å². The monoisotopic (exact) mass is 219 g/mol. The molecule has 0 saturated heterocycles. The smallest absolute Gasteiger partial charge is 0.123 e. The molecule has 0 heterocycles. The number of hydrogen-bond acceptors (Lipinski definition) is 1. The van der Waals surface area contributed by atoms with Crippen molar-refractivity contribution in [3.8, 4) is 0 Å². The number of nitrogens with one attached hydrogen (secondary N) is 1. The number of halogens is 1. The molecule has 86 valence electrons. The molecule has 1 atom stereocenters. The largest absolute Gasteiger partial charge is 0.307 e. The van der Waals surface area contributed by atoms with Gasteiger partial charge in [-0.3, -0.25) is 0 Å². The molecule has 0 spiro atoms. The zero-order chi connectivity index (χ0) is 11.1. The zero-order valence-electron chi connectivity index (χ0n) is 9.67. The molecule has 1 nitrogen and oxygen atoms in total. The Morgan fingerprint density at radius 3 is 2.88 bits per heavy atom. The summed E-state index contributed by atoms with van der Waals surface area (Å²) < 4.78 is 13.1. The zero-order valence-corrected chi connectivity index (χ0v) is 9.67. The van der Waals surface area contributed by atoms with Crippen molar-refractivity contribution in [1.82, 2.24) is 5.32 Å². The maximum Gasteiger partial charge on any atom is 0.123 e. The maximum absolute atomic E-state index is 13.1. The van der Waals surface area contributed by atoms with Gasteiger partial charge in [0.2, 0.25) is 0 Å². The molecule has 1 unspecified atom stereocenters. The lowest BCUT2D eigenvalue weighted by Gasteiger charge is -2.35. The summed E-state index contributed by atoms with van der Waals surface area (Å²) in [5.74, 6) is 0.781. The highest BCUT2D eigenvalue weighted by atomic mass is 19.1. The second-order valence-electron chi connectivity index (χ2n) is 5.37. The molecule has 1 aromatic rings. The Kier molecular flexibility index (Phi) is 2.47. The van der Waals surface area contributed by atoms with E-state index < -0.39 is 0 Å². The second kappa shape index (κ2) is 3.85. The fraction of sp³-hybridized carbons (Fsp3) is 0.571. The maximum atomic E-state index is 13.1. The molecule has 2 heteroatoms. The molecule has 16 heavy (non-hydrogen) atoms. The first-order valence-electron chi connectivity index (χ1n) is 6.27. The summed E-state index contributed by atoms with van der Waals surface area (Å²) in [6.07, 6.45) is 4.75. The molecule has 3 rings (SSSR count). The highest BCUT2D eigenvalue weighted by Crippen LogP contribution is 2.35. The van der Waals surface area contributed by atoms with Crippen molar-refractivity contribution >= 4 is 0 Å². The van der Waals surface area contributed by atoms with Crippen LogP contribution in [0.5, 0.6) is 0 Å². The van der Waals surface area contributed by atoms with Crippen molar-refractivity contribution in [2.45, 2.75) is 44.7 Å². The second-order valence-corrected chi connectivity index (χ2v) is 5.37. The molecule has 1 saturated carbocycles. The highest BCUT2D eigenvalue weighted by molar-refractivity contribution is 5.35. The SMILES string of the molecule is CC1CC(NC2CCc3cc(F)ccc32)C1. The first kappa shape index (κ1) is 10.3. The van der Waals surface area contributed by atoms with Crippen molar-refractivity contribution in [1.29, 1.82) is 0 Å². The summed E-state index contributed by atoms with van der Waals surface area (Å²) >= 11 is 0. The third-order valence-corrected chi connectivity index (χ3v) is 3.99. The van der Waals surface area contributed by atoms with Crippen LogP contribution in [0.2, 0.25) is 0 Å². The summed E-state index contributed by atoms with van der Waals surface area (Å²) in [6, 6.07) is 6.39. The lowest BCUT2D eigenvalue weighted by Crippen LogP contribution is -2.41. The first-order chi connectivity index (χ1) is 7.72. The molecule has 1 fully saturated rings. The van der Waals surface area contributed by atoms with Crippen LogP contribution in [0, 0.1) is 11.7 Å². The first-order valence-corrected chi connectivity index (χ1v) is 6.27. The predicted octanol–water partition coefficient (Wildman–Crippen LogP) is 3.20. The van der Waals surface area contributed by atoms with Crippen molar-refractivity contribution in [2.24, 2.45) is 5.92 Å². The summed E-state index contributed by atoms with van der Waals surface area (Å²) in [6.45, 7) is 2.30. The molecule has 2 aliphatic carbocycles. The van der Waals surface area contributed by atoms with Crippen LogP contribution in [0.3, 0.4) is 0 Å². The minimum absolute atomic E-state index is 0.100. The van der Waals surface area contributed by atoms with E-state index in [4.69, 9.17) is 0 Å². The fourth-order valence-corrected chi connectivity index (χ4v) is 3.08. The number of aryl methyl sites for hydroxylation is 1. The molecular formula is C14H18FN. The molecule has 2 aliphatic rings. The number of benzene rings is 1. The predicted molar refractivity (Wildman–Crippen MR) is 62.8 cm³/mol. The van der Waals surface area contributed by atoms with Crippen LogP contribution in [0.4, 0.5) is 4.39 Å². The van der Waals surface area contributed by atoms with Crippen LogP contribution in [0.15, 0.2) is 18.2 Å². The Morgan fingerprint density at radius 1 is 1.31 bits per heavy atom. The molecular weight excluding hydrogens is 201 g/mol. The van der Waals surface area contributed by atoms with Gasteiger partial charge in [-0.2, -0.15) is 0 Å². The molecule has 0 aromatic heterocycles. The summed E-state index contributed by atoms with van der Waals surface area (Å²) in [7, 11) is 0. The Bertz CT molecular complexity index is 396. The summed E-state index contributed by atoms with van der Waals surface area (Å²) in [5.41, 5.74) is 2.52. The summed E-state index contributed by atoms with van der Waals surface area (Å²) in [4.78, 5) is 0. The van der Waals surface area contributed by atoms with E-state index in [1.54, 1.807) is 12.1 Å². The molecule has 0 bridgehead atoms. The third kappa shape index (κ3) is 1.75. The molecule has 1 aromatic carbocycles. The van der Waals surface area contributed by atoms with Gasteiger partial charge in [-0.05, 0) is 54.9 Å². The molecule has 0 aliphatic heterocycles. The van der Waals surface area contributed by atoms with Crippen LogP contribution in [-0.2, 0) is 6.42 Å². The van der Waals surface area contributed by atoms with Gasteiger partial charge in [-0.15, -0.1) is 0 Å². The number of hydrogen-bond donors (Lipinski definition) is 1. The van der Waals surface area contributed by atoms with Gasteiger partial charge in [0.25, 0.3) is 0 Å². The van der Waals surface area contributed by atoms with E-state index in [2.05, 4.69) is 12.2 Å². The topological polar surface area (TPSA) is 12.0 Å². The van der Waals surface area contributed by atoms with Crippen molar-refractivity contribution in [2.75, 3.05) is 0 Å². The van der Waals surface area contributed by atoms with Gasteiger partial charge in [0.05, 0.1) is 0 Å². The van der Waals surface area contributed by atoms with E-state index in [-0.39, 0.29) is 5.82 Å². The van der Waals surface area contributed by atoms with E-state index in [0.717, 1.165) is 18.8 Å². The molecule has 0 amide bonds. The van der Waals surface area contributed by atoms with E-state index in [9.17, 15) is 4.39 Å². The van der Waals surface area contributed by atoms with Crippen LogP contribution in [0.25, 0.3) is 0 Å². The van der Waals surface area contributed by atoms with Crippen molar-refractivity contribution < 1.29 is 4.39 Å². The Morgan fingerprint density at radius 2 is 2.12 bits per heavy atom. The van der Waals surface area contributed by atoms with Crippen LogP contribution in [-0.4, -0.2) is 6.04 Å². The molecule has 1 N–H and O–H groups in total. The minimum atomic E-state index is -0.100. The van der Waals surface area contributed by atoms with Crippen molar-refractivity contribution in [3.63, 3.8) is 0 Å². The average molecular weight is 219 g/mol. The Hall–Kier alpha value is -0.890. The highest BCUT2D eigenvalue weighted by Gasteiger charge is 2.30. The Labute approximate surface area is 96.1 Å². The standard InChI is InChI=1S/C14H18FN/c1-9-6-12(7-9)16-14-5-2-10-8-11(15)3-4-13(10)14/h3-4,8-9,12,14,16H,2,5-7H2,1H3. The van der Waals surface area contributed by atoms with Gasteiger partial charge in [0.1, 0.15) is 5.82 Å². The van der Waals surface area contributed by atoms with Gasteiger partial charge < -0.3 is 5.32 Å². The van der Waals surface area contributed by atoms with Crippen molar-refractivity contribution in [3.05, 3.63) is 35.1 Å². The normalized spacial score (nSPS) is 32.2. The van der Waals surface area contributed by atoms with Crippen LogP contribution < -0.4 is 5.32 Å². The van der Waals surface area contributed by atoms with Gasteiger partial charge >= 0.3 is 0 Å². The van der Waals surface area contributed by atoms with Gasteiger partial charge in [-0.1, -0.05) is 13.0 Å². The van der Waals surface area contributed by atoms with Crippen LogP contribution in [0.1, 0.15) is 43.4 Å². The van der Waals surface area contributed by atoms with Crippen LogP contribution >= 0.6 is 0 Å². The third-order valence-electron chi connectivity index (χ3n) is 3.99. The lowest BCUT2D eigenvalue weighted by atomic mass is 9.81. The van der Waals surface area contributed by atoms with Gasteiger partial charge in [0.15, 0.2) is 0 Å². The average Bonchev–Trinajstić information content (AvgIpc) is 2.58. The van der Waals surface area contributed by atoms with E-state index in [1.165, 1.54) is 24.0 Å². The number of rotatable bonds is 2. The van der Waals surface area contributed by atoms with E-state index in [1.807, 2.05) is 6.07 Å². The Balaban J connectivity index is 1.71. The summed E-state index contributed by atoms with van der Waals surface area (Å²) in [5, 5.41) is 3.70. The minimum Gasteiger partial charge on any atom is -0.307 e. The van der Waals surface area contributed by atoms with Gasteiger partial charge in [0, 0.05) is 12.1 Å². The number of fused-ring (bicyclic) bond motifs is 1.